The number of amides is 1. The van der Waals surface area contributed by atoms with Crippen LogP contribution >= 0.6 is 0 Å². The Bertz CT molecular complexity index is 1020. The van der Waals surface area contributed by atoms with E-state index in [2.05, 4.69) is 0 Å². The highest BCUT2D eigenvalue weighted by Gasteiger charge is 2.35. The van der Waals surface area contributed by atoms with Gasteiger partial charge in [0.15, 0.2) is 0 Å². The van der Waals surface area contributed by atoms with Gasteiger partial charge in [-0.2, -0.15) is 0 Å². The van der Waals surface area contributed by atoms with Crippen molar-refractivity contribution >= 4 is 23.5 Å². The number of ether oxygens (including phenoxy) is 1. The SMILES string of the molecule is CCOC(=O)C[C@@H](c1ccc([N+](=O)[O-])cc1)[C@@H](NC(=O)c1c(F)cc(F)cc1F)C(=O)O. The first-order valence-electron chi connectivity index (χ1n) is 9.13. The van der Waals surface area contributed by atoms with Gasteiger partial charge in [-0.05, 0) is 12.5 Å². The third-order valence-corrected chi connectivity index (χ3v) is 4.41. The van der Waals surface area contributed by atoms with Gasteiger partial charge in [0, 0.05) is 30.2 Å². The fourth-order valence-electron chi connectivity index (χ4n) is 2.98. The Kier molecular flexibility index (Phi) is 7.88. The number of nitro groups is 1. The molecular weight excluding hydrogens is 437 g/mol. The van der Waals surface area contributed by atoms with Crippen molar-refractivity contribution in [3.63, 3.8) is 0 Å². The monoisotopic (exact) mass is 454 g/mol. The van der Waals surface area contributed by atoms with E-state index in [4.69, 9.17) is 4.74 Å². The fraction of sp³-hybridized carbons (Fsp3) is 0.250. The Morgan fingerprint density at radius 1 is 1.12 bits per heavy atom. The highest BCUT2D eigenvalue weighted by atomic mass is 19.1. The summed E-state index contributed by atoms with van der Waals surface area (Å²) < 4.78 is 45.8. The number of nitrogens with one attached hydrogen (secondary N) is 1. The van der Waals surface area contributed by atoms with Gasteiger partial charge in [-0.15, -0.1) is 0 Å². The van der Waals surface area contributed by atoms with Crippen molar-refractivity contribution in [2.45, 2.75) is 25.3 Å². The predicted molar refractivity (Wildman–Crippen MR) is 102 cm³/mol. The second-order valence-electron chi connectivity index (χ2n) is 6.50. The number of carboxylic acids is 1. The predicted octanol–water partition coefficient (Wildman–Crippen LogP) is 2.93. The van der Waals surface area contributed by atoms with E-state index >= 15 is 0 Å². The van der Waals surface area contributed by atoms with Gasteiger partial charge in [-0.1, -0.05) is 12.1 Å². The molecule has 0 saturated heterocycles. The molecule has 0 unspecified atom stereocenters. The number of nitro benzene ring substituents is 1. The minimum Gasteiger partial charge on any atom is -0.480 e. The summed E-state index contributed by atoms with van der Waals surface area (Å²) in [6.07, 6.45) is -0.572. The van der Waals surface area contributed by atoms with Gasteiger partial charge in [-0.3, -0.25) is 19.7 Å². The molecule has 0 aliphatic carbocycles. The molecule has 0 bridgehead atoms. The van der Waals surface area contributed by atoms with Crippen LogP contribution in [0, 0.1) is 27.6 Å². The maximum atomic E-state index is 13.9. The summed E-state index contributed by atoms with van der Waals surface area (Å²) in [6.45, 7) is 1.48. The molecule has 9 nitrogen and oxygen atoms in total. The third-order valence-electron chi connectivity index (χ3n) is 4.41. The summed E-state index contributed by atoms with van der Waals surface area (Å²) in [5, 5.41) is 22.4. The van der Waals surface area contributed by atoms with Crippen molar-refractivity contribution in [3.8, 4) is 0 Å². The first-order valence-corrected chi connectivity index (χ1v) is 9.13. The van der Waals surface area contributed by atoms with E-state index in [-0.39, 0.29) is 30.0 Å². The molecule has 0 heterocycles. The lowest BCUT2D eigenvalue weighted by Crippen LogP contribution is -2.46. The number of non-ortho nitro benzene ring substituents is 1. The Morgan fingerprint density at radius 2 is 1.69 bits per heavy atom. The van der Waals surface area contributed by atoms with E-state index in [1.54, 1.807) is 0 Å². The topological polar surface area (TPSA) is 136 Å². The minimum absolute atomic E-state index is 0.0259. The van der Waals surface area contributed by atoms with E-state index in [1.807, 2.05) is 5.32 Å². The summed E-state index contributed by atoms with van der Waals surface area (Å²) >= 11 is 0. The van der Waals surface area contributed by atoms with Gasteiger partial charge in [0.2, 0.25) is 0 Å². The van der Waals surface area contributed by atoms with E-state index in [1.165, 1.54) is 19.1 Å². The standard InChI is InChI=1S/C20H17F3N2O7/c1-2-32-16(26)9-13(10-3-5-12(6-4-10)25(30)31)18(20(28)29)24-19(27)17-14(22)7-11(21)8-15(17)23/h3-8,13,18H,2,9H2,1H3,(H,24,27)(H,28,29)/t13-,18+/m0/s1. The van der Waals surface area contributed by atoms with E-state index in [0.29, 0.717) is 0 Å². The minimum atomic E-state index is -1.89. The van der Waals surface area contributed by atoms with Crippen LogP contribution < -0.4 is 5.32 Å². The molecule has 0 spiro atoms. The van der Waals surface area contributed by atoms with Crippen LogP contribution in [0.25, 0.3) is 0 Å². The summed E-state index contributed by atoms with van der Waals surface area (Å²) in [4.78, 5) is 46.5. The molecule has 2 atom stereocenters. The van der Waals surface area contributed by atoms with Gasteiger partial charge in [0.1, 0.15) is 29.1 Å². The molecule has 0 aliphatic rings. The van der Waals surface area contributed by atoms with Crippen LogP contribution in [-0.4, -0.2) is 40.5 Å². The summed E-state index contributed by atoms with van der Waals surface area (Å²) in [5.41, 5.74) is -1.41. The van der Waals surface area contributed by atoms with Crippen molar-refractivity contribution < 1.29 is 42.3 Å². The zero-order valence-corrected chi connectivity index (χ0v) is 16.5. The molecule has 0 aromatic heterocycles. The Balaban J connectivity index is 2.44. The molecule has 170 valence electrons. The zero-order valence-electron chi connectivity index (χ0n) is 16.5. The second kappa shape index (κ2) is 10.4. The van der Waals surface area contributed by atoms with Gasteiger partial charge in [0.05, 0.1) is 18.0 Å². The molecule has 0 fully saturated rings. The maximum Gasteiger partial charge on any atom is 0.326 e. The Labute approximate surface area is 178 Å². The molecule has 32 heavy (non-hydrogen) atoms. The van der Waals surface area contributed by atoms with Gasteiger partial charge < -0.3 is 15.2 Å². The normalized spacial score (nSPS) is 12.5. The number of nitrogens with zero attached hydrogens (tertiary/aromatic N) is 1. The number of hydrogen-bond acceptors (Lipinski definition) is 6. The Morgan fingerprint density at radius 3 is 2.16 bits per heavy atom. The molecule has 0 radical (unpaired) electrons. The number of carbonyl (C=O) groups is 3. The van der Waals surface area contributed by atoms with Crippen LogP contribution in [0.15, 0.2) is 36.4 Å². The van der Waals surface area contributed by atoms with Crippen molar-refractivity contribution in [3.05, 3.63) is 75.1 Å². The maximum absolute atomic E-state index is 13.9. The lowest BCUT2D eigenvalue weighted by atomic mass is 9.88. The number of hydrogen-bond donors (Lipinski definition) is 2. The van der Waals surface area contributed by atoms with Crippen molar-refractivity contribution in [2.24, 2.45) is 0 Å². The lowest BCUT2D eigenvalue weighted by molar-refractivity contribution is -0.384. The number of aliphatic carboxylic acids is 1. The highest BCUT2D eigenvalue weighted by Crippen LogP contribution is 2.27. The molecule has 1 amide bonds. The average Bonchev–Trinajstić information content (AvgIpc) is 2.70. The Hall–Kier alpha value is -3.96. The third kappa shape index (κ3) is 5.80. The van der Waals surface area contributed by atoms with Crippen LogP contribution in [0.2, 0.25) is 0 Å². The van der Waals surface area contributed by atoms with Crippen molar-refractivity contribution in [2.75, 3.05) is 6.61 Å². The fourth-order valence-corrected chi connectivity index (χ4v) is 2.98. The van der Waals surface area contributed by atoms with Crippen LogP contribution in [0.4, 0.5) is 18.9 Å². The van der Waals surface area contributed by atoms with E-state index < -0.39 is 64.2 Å². The molecule has 0 aliphatic heterocycles. The van der Waals surface area contributed by atoms with Gasteiger partial charge in [0.25, 0.3) is 11.6 Å². The molecule has 2 aromatic rings. The molecule has 2 aromatic carbocycles. The van der Waals surface area contributed by atoms with Gasteiger partial charge >= 0.3 is 11.9 Å². The zero-order chi connectivity index (χ0) is 24.0. The molecule has 12 heteroatoms. The second-order valence-corrected chi connectivity index (χ2v) is 6.50. The number of carbonyl (C=O) groups excluding carboxylic acids is 2. The van der Waals surface area contributed by atoms with Crippen LogP contribution in [-0.2, 0) is 14.3 Å². The molecule has 0 saturated carbocycles. The smallest absolute Gasteiger partial charge is 0.326 e. The molecule has 2 N–H and O–H groups in total. The highest BCUT2D eigenvalue weighted by molar-refractivity contribution is 5.97. The lowest BCUT2D eigenvalue weighted by Gasteiger charge is -2.25. The van der Waals surface area contributed by atoms with Gasteiger partial charge in [-0.25, -0.2) is 18.0 Å². The first-order chi connectivity index (χ1) is 15.0. The number of benzene rings is 2. The van der Waals surface area contributed by atoms with Crippen LogP contribution in [0.5, 0.6) is 0 Å². The number of halogens is 3. The summed E-state index contributed by atoms with van der Waals surface area (Å²) in [5.74, 6) is -9.70. The first kappa shape index (κ1) is 24.3. The number of carboxylic acid groups (broad SMARTS) is 1. The molecular formula is C20H17F3N2O7. The van der Waals surface area contributed by atoms with E-state index in [9.17, 15) is 42.8 Å². The van der Waals surface area contributed by atoms with Crippen molar-refractivity contribution in [1.82, 2.24) is 5.32 Å². The largest absolute Gasteiger partial charge is 0.480 e. The van der Waals surface area contributed by atoms with Crippen molar-refractivity contribution in [1.29, 1.82) is 0 Å². The van der Waals surface area contributed by atoms with Crippen LogP contribution in [0.3, 0.4) is 0 Å². The quantitative estimate of drug-likeness (QED) is 0.338. The number of rotatable bonds is 9. The van der Waals surface area contributed by atoms with Crippen LogP contribution in [0.1, 0.15) is 35.2 Å². The average molecular weight is 454 g/mol. The number of esters is 1. The summed E-state index contributed by atoms with van der Waals surface area (Å²) in [6, 6.07) is 3.10. The van der Waals surface area contributed by atoms with E-state index in [0.717, 1.165) is 12.1 Å². The summed E-state index contributed by atoms with van der Waals surface area (Å²) in [7, 11) is 0. The molecule has 2 rings (SSSR count).